The number of primary amides is 2. The third-order valence-electron chi connectivity index (χ3n) is 2.25. The number of nitrogens with two attached hydrogens (primary N) is 2. The van der Waals surface area contributed by atoms with Crippen molar-refractivity contribution < 1.29 is 9.59 Å². The van der Waals surface area contributed by atoms with Crippen LogP contribution in [0.3, 0.4) is 0 Å². The van der Waals surface area contributed by atoms with E-state index in [1.165, 1.54) is 0 Å². The van der Waals surface area contributed by atoms with Crippen molar-refractivity contribution in [1.82, 2.24) is 4.90 Å². The van der Waals surface area contributed by atoms with Gasteiger partial charge in [-0.3, -0.25) is 14.5 Å². The lowest BCUT2D eigenvalue weighted by molar-refractivity contribution is -0.122. The topological polar surface area (TPSA) is 113 Å². The third kappa shape index (κ3) is 4.63. The number of benzene rings is 1. The lowest BCUT2D eigenvalue weighted by Gasteiger charge is -2.18. The monoisotopic (exact) mass is 246 g/mol. The summed E-state index contributed by atoms with van der Waals surface area (Å²) in [5.41, 5.74) is 11.6. The molecule has 1 aromatic carbocycles. The Bertz CT molecular complexity index is 460. The normalized spacial score (nSPS) is 10.0. The Balaban J connectivity index is 2.72. The summed E-state index contributed by atoms with van der Waals surface area (Å²) < 4.78 is 0. The summed E-state index contributed by atoms with van der Waals surface area (Å²) in [6.07, 6.45) is 0. The average molecular weight is 246 g/mol. The smallest absolute Gasteiger partial charge is 0.231 e. The molecule has 1 aromatic rings. The lowest BCUT2D eigenvalue weighted by Crippen LogP contribution is -2.39. The van der Waals surface area contributed by atoms with Gasteiger partial charge in [-0.15, -0.1) is 0 Å². The summed E-state index contributed by atoms with van der Waals surface area (Å²) in [6, 6.07) is 8.86. The molecule has 2 amide bonds. The van der Waals surface area contributed by atoms with Crippen molar-refractivity contribution in [2.75, 3.05) is 13.1 Å². The summed E-state index contributed by atoms with van der Waals surface area (Å²) in [7, 11) is 0. The molecule has 6 heteroatoms. The Hall–Kier alpha value is -2.39. The molecule has 0 saturated heterocycles. The molecule has 0 heterocycles. The Morgan fingerprint density at radius 2 is 1.61 bits per heavy atom. The highest BCUT2D eigenvalue weighted by Gasteiger charge is 2.11. The van der Waals surface area contributed by atoms with Gasteiger partial charge in [-0.2, -0.15) is 5.26 Å². The van der Waals surface area contributed by atoms with E-state index in [2.05, 4.69) is 0 Å². The Kier molecular flexibility index (Phi) is 4.84. The average Bonchev–Trinajstić information content (AvgIpc) is 2.28. The van der Waals surface area contributed by atoms with Gasteiger partial charge in [0.2, 0.25) is 11.8 Å². The van der Waals surface area contributed by atoms with Crippen LogP contribution in [-0.2, 0) is 16.1 Å². The van der Waals surface area contributed by atoms with Gasteiger partial charge >= 0.3 is 0 Å². The van der Waals surface area contributed by atoms with E-state index in [-0.39, 0.29) is 13.1 Å². The van der Waals surface area contributed by atoms with Crippen LogP contribution in [0.1, 0.15) is 11.1 Å². The number of carbonyl (C=O) groups excluding carboxylic acids is 2. The van der Waals surface area contributed by atoms with Crippen LogP contribution in [0.4, 0.5) is 0 Å². The van der Waals surface area contributed by atoms with Crippen molar-refractivity contribution in [2.24, 2.45) is 11.5 Å². The van der Waals surface area contributed by atoms with Crippen molar-refractivity contribution in [3.05, 3.63) is 35.4 Å². The van der Waals surface area contributed by atoms with Crippen LogP contribution in [0.5, 0.6) is 0 Å². The van der Waals surface area contributed by atoms with E-state index in [1.807, 2.05) is 6.07 Å². The zero-order valence-corrected chi connectivity index (χ0v) is 9.80. The number of hydrogen-bond acceptors (Lipinski definition) is 4. The minimum absolute atomic E-state index is 0.0387. The SMILES string of the molecule is N#Cc1ccc(CN(CC(N)=O)CC(N)=O)cc1. The second-order valence-electron chi connectivity index (χ2n) is 3.89. The summed E-state index contributed by atoms with van der Waals surface area (Å²) >= 11 is 0. The van der Waals surface area contributed by atoms with Crippen molar-refractivity contribution in [1.29, 1.82) is 5.26 Å². The maximum atomic E-state index is 10.9. The molecule has 6 nitrogen and oxygen atoms in total. The zero-order valence-electron chi connectivity index (χ0n) is 9.80. The molecule has 0 spiro atoms. The van der Waals surface area contributed by atoms with Gasteiger partial charge in [0.05, 0.1) is 24.7 Å². The zero-order chi connectivity index (χ0) is 13.5. The summed E-state index contributed by atoms with van der Waals surface area (Å²) in [4.78, 5) is 23.3. The molecule has 0 atom stereocenters. The maximum Gasteiger partial charge on any atom is 0.231 e. The first-order valence-electron chi connectivity index (χ1n) is 5.29. The first kappa shape index (κ1) is 13.7. The highest BCUT2D eigenvalue weighted by atomic mass is 16.2. The fourth-order valence-electron chi connectivity index (χ4n) is 1.55. The predicted molar refractivity (Wildman–Crippen MR) is 64.8 cm³/mol. The van der Waals surface area contributed by atoms with Crippen LogP contribution in [0.15, 0.2) is 24.3 Å². The molecule has 0 fully saturated rings. The molecule has 0 aliphatic carbocycles. The van der Waals surface area contributed by atoms with Gasteiger partial charge in [0, 0.05) is 6.54 Å². The largest absolute Gasteiger partial charge is 0.369 e. The van der Waals surface area contributed by atoms with Crippen LogP contribution in [-0.4, -0.2) is 29.8 Å². The molecule has 0 aromatic heterocycles. The van der Waals surface area contributed by atoms with Gasteiger partial charge in [0.15, 0.2) is 0 Å². The third-order valence-corrected chi connectivity index (χ3v) is 2.25. The molecule has 0 aliphatic heterocycles. The van der Waals surface area contributed by atoms with Crippen LogP contribution in [0, 0.1) is 11.3 Å². The van der Waals surface area contributed by atoms with Crippen molar-refractivity contribution in [3.63, 3.8) is 0 Å². The van der Waals surface area contributed by atoms with Crippen LogP contribution in [0.2, 0.25) is 0 Å². The molecule has 0 aliphatic rings. The molecular formula is C12H14N4O2. The molecule has 1 rings (SSSR count). The van der Waals surface area contributed by atoms with Crippen LogP contribution in [0.25, 0.3) is 0 Å². The maximum absolute atomic E-state index is 10.9. The highest BCUT2D eigenvalue weighted by molar-refractivity contribution is 5.79. The Labute approximate surface area is 105 Å². The van der Waals surface area contributed by atoms with E-state index >= 15 is 0 Å². The fraction of sp³-hybridized carbons (Fsp3) is 0.250. The molecular weight excluding hydrogens is 232 g/mol. The highest BCUT2D eigenvalue weighted by Crippen LogP contribution is 2.06. The van der Waals surface area contributed by atoms with Gasteiger partial charge < -0.3 is 11.5 Å². The Morgan fingerprint density at radius 1 is 1.11 bits per heavy atom. The molecule has 0 radical (unpaired) electrons. The van der Waals surface area contributed by atoms with Crippen molar-refractivity contribution in [3.8, 4) is 6.07 Å². The van der Waals surface area contributed by atoms with Crippen LogP contribution < -0.4 is 11.5 Å². The Morgan fingerprint density at radius 3 is 2.00 bits per heavy atom. The quantitative estimate of drug-likeness (QED) is 0.693. The number of amides is 2. The fourth-order valence-corrected chi connectivity index (χ4v) is 1.55. The molecule has 94 valence electrons. The second-order valence-corrected chi connectivity index (χ2v) is 3.89. The first-order valence-corrected chi connectivity index (χ1v) is 5.29. The predicted octanol–water partition coefficient (Wildman–Crippen LogP) is -0.669. The standard InChI is InChI=1S/C12H14N4O2/c13-5-9-1-3-10(4-2-9)6-16(7-11(14)17)8-12(15)18/h1-4H,6-8H2,(H2,14,17)(H2,15,18). The molecule has 0 unspecified atom stereocenters. The summed E-state index contributed by atoms with van der Waals surface area (Å²) in [5, 5.41) is 8.67. The van der Waals surface area contributed by atoms with E-state index in [9.17, 15) is 9.59 Å². The van der Waals surface area contributed by atoms with Gasteiger partial charge in [0.25, 0.3) is 0 Å². The number of rotatable bonds is 6. The lowest BCUT2D eigenvalue weighted by atomic mass is 10.1. The summed E-state index contributed by atoms with van der Waals surface area (Å²) in [5.74, 6) is -1.05. The number of carbonyl (C=O) groups is 2. The molecule has 0 bridgehead atoms. The number of nitriles is 1. The van der Waals surface area contributed by atoms with Gasteiger partial charge in [0.1, 0.15) is 0 Å². The van der Waals surface area contributed by atoms with E-state index in [4.69, 9.17) is 16.7 Å². The van der Waals surface area contributed by atoms with Gasteiger partial charge in [-0.1, -0.05) is 12.1 Å². The number of hydrogen-bond donors (Lipinski definition) is 2. The molecule has 18 heavy (non-hydrogen) atoms. The second kappa shape index (κ2) is 6.37. The van der Waals surface area contributed by atoms with Crippen molar-refractivity contribution >= 4 is 11.8 Å². The summed E-state index contributed by atoms with van der Waals surface area (Å²) in [6.45, 7) is 0.295. The van der Waals surface area contributed by atoms with Crippen LogP contribution >= 0.6 is 0 Å². The van der Waals surface area contributed by atoms with E-state index in [0.717, 1.165) is 5.56 Å². The van der Waals surface area contributed by atoms with Crippen molar-refractivity contribution in [2.45, 2.75) is 6.54 Å². The van der Waals surface area contributed by atoms with E-state index in [1.54, 1.807) is 29.2 Å². The van der Waals surface area contributed by atoms with Gasteiger partial charge in [-0.25, -0.2) is 0 Å². The van der Waals surface area contributed by atoms with E-state index < -0.39 is 11.8 Å². The van der Waals surface area contributed by atoms with Gasteiger partial charge in [-0.05, 0) is 17.7 Å². The first-order chi connectivity index (χ1) is 8.51. The molecule has 4 N–H and O–H groups in total. The number of nitrogens with zero attached hydrogens (tertiary/aromatic N) is 2. The van der Waals surface area contributed by atoms with E-state index in [0.29, 0.717) is 12.1 Å². The minimum Gasteiger partial charge on any atom is -0.369 e. The molecule has 0 saturated carbocycles. The minimum atomic E-state index is -0.523.